The van der Waals surface area contributed by atoms with Gasteiger partial charge in [0.1, 0.15) is 0 Å². The zero-order valence-corrected chi connectivity index (χ0v) is 11.7. The summed E-state index contributed by atoms with van der Waals surface area (Å²) >= 11 is 0. The molecular weight excluding hydrogens is 268 g/mol. The van der Waals surface area contributed by atoms with Crippen LogP contribution in [0.4, 0.5) is 8.78 Å². The molecule has 1 rings (SSSR count). The first-order valence-corrected chi connectivity index (χ1v) is 6.62. The zero-order valence-electron chi connectivity index (χ0n) is 11.7. The standard InChI is InChI=1S/C14H21F2NO3/c1-3-19-13-8-11(9-17-7-6-10(2)18)4-5-12(13)20-14(15)16/h4-5,8,10,14,17-18H,3,6-7,9H2,1-2H3. The number of rotatable bonds is 9. The van der Waals surface area contributed by atoms with Gasteiger partial charge in [0.25, 0.3) is 0 Å². The van der Waals surface area contributed by atoms with Crippen LogP contribution in [0.15, 0.2) is 18.2 Å². The van der Waals surface area contributed by atoms with Crippen molar-refractivity contribution >= 4 is 0 Å². The minimum absolute atomic E-state index is 0.0366. The number of ether oxygens (including phenoxy) is 2. The average Bonchev–Trinajstić information content (AvgIpc) is 2.37. The predicted octanol–water partition coefficient (Wildman–Crippen LogP) is 2.55. The molecule has 0 amide bonds. The SMILES string of the molecule is CCOc1cc(CNCCC(C)O)ccc1OC(F)F. The second kappa shape index (κ2) is 8.71. The summed E-state index contributed by atoms with van der Waals surface area (Å²) in [5.74, 6) is 0.345. The highest BCUT2D eigenvalue weighted by molar-refractivity contribution is 5.43. The van der Waals surface area contributed by atoms with Gasteiger partial charge in [0.05, 0.1) is 12.7 Å². The van der Waals surface area contributed by atoms with Crippen LogP contribution in [-0.2, 0) is 6.54 Å². The molecule has 114 valence electrons. The van der Waals surface area contributed by atoms with Crippen LogP contribution in [0.1, 0.15) is 25.8 Å². The van der Waals surface area contributed by atoms with E-state index in [1.54, 1.807) is 26.0 Å². The lowest BCUT2D eigenvalue weighted by atomic mass is 10.2. The van der Waals surface area contributed by atoms with E-state index in [9.17, 15) is 8.78 Å². The van der Waals surface area contributed by atoms with Crippen molar-refractivity contribution in [3.63, 3.8) is 0 Å². The van der Waals surface area contributed by atoms with E-state index in [0.29, 0.717) is 31.9 Å². The molecular formula is C14H21F2NO3. The summed E-state index contributed by atoms with van der Waals surface area (Å²) in [5, 5.41) is 12.3. The second-order valence-corrected chi connectivity index (χ2v) is 4.41. The van der Waals surface area contributed by atoms with Gasteiger partial charge in [0.15, 0.2) is 11.5 Å². The summed E-state index contributed by atoms with van der Waals surface area (Å²) in [4.78, 5) is 0. The van der Waals surface area contributed by atoms with Gasteiger partial charge in [-0.15, -0.1) is 0 Å². The maximum atomic E-state index is 12.3. The number of hydrogen-bond acceptors (Lipinski definition) is 4. The molecule has 1 aromatic carbocycles. The van der Waals surface area contributed by atoms with E-state index in [0.717, 1.165) is 5.56 Å². The third-order valence-corrected chi connectivity index (χ3v) is 2.59. The molecule has 0 heterocycles. The van der Waals surface area contributed by atoms with Crippen molar-refractivity contribution in [1.29, 1.82) is 0 Å². The van der Waals surface area contributed by atoms with Crippen molar-refractivity contribution in [2.75, 3.05) is 13.2 Å². The molecule has 2 N–H and O–H groups in total. The van der Waals surface area contributed by atoms with E-state index < -0.39 is 6.61 Å². The van der Waals surface area contributed by atoms with Gasteiger partial charge in [0, 0.05) is 6.54 Å². The number of nitrogens with one attached hydrogen (secondary N) is 1. The minimum Gasteiger partial charge on any atom is -0.490 e. The summed E-state index contributed by atoms with van der Waals surface area (Å²) in [6.45, 7) is 2.26. The van der Waals surface area contributed by atoms with Gasteiger partial charge in [-0.1, -0.05) is 6.07 Å². The van der Waals surface area contributed by atoms with Crippen LogP contribution < -0.4 is 14.8 Å². The molecule has 0 radical (unpaired) electrons. The number of alkyl halides is 2. The van der Waals surface area contributed by atoms with Crippen molar-refractivity contribution < 1.29 is 23.4 Å². The molecule has 0 saturated carbocycles. The molecule has 0 aliphatic heterocycles. The summed E-state index contributed by atoms with van der Waals surface area (Å²) in [7, 11) is 0. The zero-order chi connectivity index (χ0) is 15.0. The fraction of sp³-hybridized carbons (Fsp3) is 0.571. The Morgan fingerprint density at radius 2 is 2.05 bits per heavy atom. The molecule has 0 aliphatic rings. The molecule has 0 spiro atoms. The van der Waals surface area contributed by atoms with Crippen LogP contribution in [0, 0.1) is 0 Å². The van der Waals surface area contributed by atoms with Crippen molar-refractivity contribution in [2.24, 2.45) is 0 Å². The van der Waals surface area contributed by atoms with Gasteiger partial charge >= 0.3 is 6.61 Å². The Hall–Kier alpha value is -1.40. The van der Waals surface area contributed by atoms with E-state index in [4.69, 9.17) is 9.84 Å². The third kappa shape index (κ3) is 6.16. The average molecular weight is 289 g/mol. The minimum atomic E-state index is -2.87. The fourth-order valence-corrected chi connectivity index (χ4v) is 1.67. The van der Waals surface area contributed by atoms with Crippen LogP contribution >= 0.6 is 0 Å². The van der Waals surface area contributed by atoms with Crippen molar-refractivity contribution in [2.45, 2.75) is 39.5 Å². The first kappa shape index (κ1) is 16.7. The first-order chi connectivity index (χ1) is 9.52. The Morgan fingerprint density at radius 1 is 1.30 bits per heavy atom. The van der Waals surface area contributed by atoms with E-state index in [-0.39, 0.29) is 11.9 Å². The Bertz CT molecular complexity index is 400. The van der Waals surface area contributed by atoms with E-state index in [2.05, 4.69) is 10.1 Å². The van der Waals surface area contributed by atoms with Crippen LogP contribution in [-0.4, -0.2) is 31.0 Å². The van der Waals surface area contributed by atoms with Gasteiger partial charge in [-0.2, -0.15) is 8.78 Å². The fourth-order valence-electron chi connectivity index (χ4n) is 1.67. The summed E-state index contributed by atoms with van der Waals surface area (Å²) < 4.78 is 34.2. The lowest BCUT2D eigenvalue weighted by Gasteiger charge is -2.13. The Kier molecular flexibility index (Phi) is 7.25. The lowest BCUT2D eigenvalue weighted by molar-refractivity contribution is -0.0514. The Labute approximate surface area is 117 Å². The Balaban J connectivity index is 2.62. The highest BCUT2D eigenvalue weighted by Crippen LogP contribution is 2.29. The topological polar surface area (TPSA) is 50.7 Å². The van der Waals surface area contributed by atoms with Crippen LogP contribution in [0.25, 0.3) is 0 Å². The van der Waals surface area contributed by atoms with Crippen LogP contribution in [0.2, 0.25) is 0 Å². The Morgan fingerprint density at radius 3 is 2.65 bits per heavy atom. The molecule has 0 aromatic heterocycles. The first-order valence-electron chi connectivity index (χ1n) is 6.62. The summed E-state index contributed by atoms with van der Waals surface area (Å²) in [6.07, 6.45) is 0.313. The lowest BCUT2D eigenvalue weighted by Crippen LogP contribution is -2.18. The molecule has 0 aliphatic carbocycles. The van der Waals surface area contributed by atoms with Gasteiger partial charge in [-0.3, -0.25) is 0 Å². The number of halogens is 2. The van der Waals surface area contributed by atoms with Crippen molar-refractivity contribution in [1.82, 2.24) is 5.32 Å². The maximum absolute atomic E-state index is 12.3. The summed E-state index contributed by atoms with van der Waals surface area (Å²) in [6, 6.07) is 4.86. The smallest absolute Gasteiger partial charge is 0.387 e. The monoisotopic (exact) mass is 289 g/mol. The maximum Gasteiger partial charge on any atom is 0.387 e. The van der Waals surface area contributed by atoms with E-state index in [1.807, 2.05) is 0 Å². The molecule has 4 nitrogen and oxygen atoms in total. The van der Waals surface area contributed by atoms with E-state index >= 15 is 0 Å². The molecule has 0 saturated heterocycles. The summed E-state index contributed by atoms with van der Waals surface area (Å²) in [5.41, 5.74) is 0.903. The molecule has 20 heavy (non-hydrogen) atoms. The van der Waals surface area contributed by atoms with E-state index in [1.165, 1.54) is 6.07 Å². The largest absolute Gasteiger partial charge is 0.490 e. The molecule has 6 heteroatoms. The highest BCUT2D eigenvalue weighted by atomic mass is 19.3. The second-order valence-electron chi connectivity index (χ2n) is 4.41. The normalized spacial score (nSPS) is 12.5. The molecule has 0 fully saturated rings. The third-order valence-electron chi connectivity index (χ3n) is 2.59. The van der Waals surface area contributed by atoms with Gasteiger partial charge in [-0.25, -0.2) is 0 Å². The molecule has 1 unspecified atom stereocenters. The van der Waals surface area contributed by atoms with Crippen molar-refractivity contribution in [3.8, 4) is 11.5 Å². The van der Waals surface area contributed by atoms with Gasteiger partial charge in [-0.05, 0) is 44.5 Å². The molecule has 0 bridgehead atoms. The van der Waals surface area contributed by atoms with Crippen LogP contribution in [0.3, 0.4) is 0 Å². The molecule has 1 atom stereocenters. The molecule has 1 aromatic rings. The number of benzene rings is 1. The van der Waals surface area contributed by atoms with Crippen LogP contribution in [0.5, 0.6) is 11.5 Å². The number of aliphatic hydroxyl groups excluding tert-OH is 1. The number of hydrogen-bond donors (Lipinski definition) is 2. The van der Waals surface area contributed by atoms with Gasteiger partial charge in [0.2, 0.25) is 0 Å². The number of aliphatic hydroxyl groups is 1. The highest BCUT2D eigenvalue weighted by Gasteiger charge is 2.11. The predicted molar refractivity (Wildman–Crippen MR) is 72.2 cm³/mol. The quantitative estimate of drug-likeness (QED) is 0.686. The van der Waals surface area contributed by atoms with Gasteiger partial charge < -0.3 is 19.9 Å². The van der Waals surface area contributed by atoms with Crippen molar-refractivity contribution in [3.05, 3.63) is 23.8 Å².